The molecule has 0 bridgehead atoms. The van der Waals surface area contributed by atoms with Gasteiger partial charge in [0.1, 0.15) is 11.5 Å². The van der Waals surface area contributed by atoms with Gasteiger partial charge in [-0.3, -0.25) is 14.4 Å². The third-order valence-corrected chi connectivity index (χ3v) is 6.72. The molecular formula is C23H27ClFN5O4. The van der Waals surface area contributed by atoms with Gasteiger partial charge >= 0.3 is 0 Å². The fraction of sp³-hybridized carbons (Fsp3) is 0.478. The number of anilines is 1. The van der Waals surface area contributed by atoms with E-state index in [2.05, 4.69) is 15.3 Å². The van der Waals surface area contributed by atoms with Crippen molar-refractivity contribution in [1.29, 1.82) is 0 Å². The molecule has 3 amide bonds. The maximum atomic E-state index is 12.8. The standard InChI is InChI=1S/C13H15ClFNO.C10H12N4O3/c14-11-8-10(15)6-7-12(11)16-13(17)9-4-2-1-3-5-9;11-8(15)6-7(13-5-12-6)9(16)14-1-10(2-14)3-17-4-10/h6-9H,1-5H2,(H,16,17);5H,1-4H2,(H2,11,15)(H,12,13). The molecule has 2 aromatic rings. The maximum absolute atomic E-state index is 12.8. The fourth-order valence-electron chi connectivity index (χ4n) is 4.47. The molecule has 3 aliphatic rings. The van der Waals surface area contributed by atoms with Crippen LogP contribution in [0.5, 0.6) is 0 Å². The zero-order valence-electron chi connectivity index (χ0n) is 18.6. The number of aromatic amines is 1. The van der Waals surface area contributed by atoms with Crippen molar-refractivity contribution in [3.8, 4) is 0 Å². The molecule has 3 fully saturated rings. The molecule has 1 saturated carbocycles. The molecule has 11 heteroatoms. The van der Waals surface area contributed by atoms with E-state index in [9.17, 15) is 18.8 Å². The predicted octanol–water partition coefficient (Wildman–Crippen LogP) is 2.98. The number of nitrogens with two attached hydrogens (primary N) is 1. The highest BCUT2D eigenvalue weighted by Crippen LogP contribution is 2.38. The molecule has 1 spiro atoms. The number of ether oxygens (including phenoxy) is 1. The summed E-state index contributed by atoms with van der Waals surface area (Å²) in [5, 5.41) is 3.01. The molecule has 9 nitrogen and oxygen atoms in total. The summed E-state index contributed by atoms with van der Waals surface area (Å²) in [6.07, 6.45) is 6.59. The van der Waals surface area contributed by atoms with Crippen molar-refractivity contribution in [3.05, 3.63) is 46.8 Å². The molecule has 2 aliphatic heterocycles. The Bertz CT molecular complexity index is 1070. The average Bonchev–Trinajstić information content (AvgIpc) is 3.25. The van der Waals surface area contributed by atoms with E-state index in [1.54, 1.807) is 4.90 Å². The van der Waals surface area contributed by atoms with Crippen molar-refractivity contribution in [2.45, 2.75) is 32.1 Å². The largest absolute Gasteiger partial charge is 0.380 e. The summed E-state index contributed by atoms with van der Waals surface area (Å²) in [5.41, 5.74) is 5.95. The van der Waals surface area contributed by atoms with Gasteiger partial charge in [0.05, 0.1) is 35.7 Å². The van der Waals surface area contributed by atoms with Gasteiger partial charge < -0.3 is 25.7 Å². The summed E-state index contributed by atoms with van der Waals surface area (Å²) in [6, 6.07) is 4.00. The quantitative estimate of drug-likeness (QED) is 0.605. The van der Waals surface area contributed by atoms with Crippen LogP contribution in [-0.2, 0) is 9.53 Å². The summed E-state index contributed by atoms with van der Waals surface area (Å²) < 4.78 is 18.0. The van der Waals surface area contributed by atoms with Crippen LogP contribution in [0, 0.1) is 17.2 Å². The first kappa shape index (κ1) is 24.2. The van der Waals surface area contributed by atoms with E-state index in [-0.39, 0.29) is 39.6 Å². The van der Waals surface area contributed by atoms with E-state index in [0.29, 0.717) is 32.0 Å². The zero-order valence-corrected chi connectivity index (χ0v) is 19.4. The second-order valence-electron chi connectivity index (χ2n) is 9.09. The number of aromatic nitrogens is 2. The molecule has 3 heterocycles. The highest BCUT2D eigenvalue weighted by molar-refractivity contribution is 6.33. The van der Waals surface area contributed by atoms with Crippen LogP contribution >= 0.6 is 11.6 Å². The minimum absolute atomic E-state index is 0.000749. The van der Waals surface area contributed by atoms with E-state index in [1.165, 1.54) is 30.9 Å². The Labute approximate surface area is 201 Å². The monoisotopic (exact) mass is 491 g/mol. The second kappa shape index (κ2) is 10.1. The Hall–Kier alpha value is -2.98. The lowest BCUT2D eigenvalue weighted by Crippen LogP contribution is -2.67. The summed E-state index contributed by atoms with van der Waals surface area (Å²) in [6.45, 7) is 2.76. The van der Waals surface area contributed by atoms with E-state index in [0.717, 1.165) is 25.7 Å². The smallest absolute Gasteiger partial charge is 0.272 e. The van der Waals surface area contributed by atoms with Gasteiger partial charge in [0, 0.05) is 19.0 Å². The Morgan fingerprint density at radius 3 is 2.50 bits per heavy atom. The van der Waals surface area contributed by atoms with Crippen LogP contribution in [0.15, 0.2) is 24.5 Å². The molecule has 1 aromatic heterocycles. The molecule has 1 aromatic carbocycles. The fourth-order valence-corrected chi connectivity index (χ4v) is 4.69. The average molecular weight is 492 g/mol. The number of nitrogens with zero attached hydrogens (tertiary/aromatic N) is 2. The Morgan fingerprint density at radius 1 is 1.21 bits per heavy atom. The van der Waals surface area contributed by atoms with Crippen LogP contribution < -0.4 is 11.1 Å². The number of hydrogen-bond acceptors (Lipinski definition) is 5. The highest BCUT2D eigenvalue weighted by atomic mass is 35.5. The molecule has 2 saturated heterocycles. The third-order valence-electron chi connectivity index (χ3n) is 6.41. The lowest BCUT2D eigenvalue weighted by Gasteiger charge is -2.54. The third kappa shape index (κ3) is 5.23. The molecule has 182 valence electrons. The van der Waals surface area contributed by atoms with Crippen LogP contribution in [-0.4, -0.2) is 58.9 Å². The first-order chi connectivity index (χ1) is 16.3. The predicted molar refractivity (Wildman–Crippen MR) is 123 cm³/mol. The Morgan fingerprint density at radius 2 is 1.91 bits per heavy atom. The minimum Gasteiger partial charge on any atom is -0.380 e. The summed E-state index contributed by atoms with van der Waals surface area (Å²) in [7, 11) is 0. The van der Waals surface area contributed by atoms with Crippen molar-refractivity contribution in [2.24, 2.45) is 17.1 Å². The van der Waals surface area contributed by atoms with Crippen LogP contribution in [0.3, 0.4) is 0 Å². The Kier molecular flexibility index (Phi) is 7.18. The molecule has 1 aliphatic carbocycles. The number of nitrogens with one attached hydrogen (secondary N) is 2. The van der Waals surface area contributed by atoms with Crippen molar-refractivity contribution in [3.63, 3.8) is 0 Å². The van der Waals surface area contributed by atoms with Gasteiger partial charge in [0.2, 0.25) is 5.91 Å². The van der Waals surface area contributed by atoms with Crippen LogP contribution in [0.1, 0.15) is 53.1 Å². The molecule has 0 unspecified atom stereocenters. The van der Waals surface area contributed by atoms with E-state index >= 15 is 0 Å². The lowest BCUT2D eigenvalue weighted by atomic mass is 9.78. The maximum Gasteiger partial charge on any atom is 0.272 e. The van der Waals surface area contributed by atoms with Crippen molar-refractivity contribution in [1.82, 2.24) is 14.9 Å². The number of rotatable bonds is 4. The second-order valence-corrected chi connectivity index (χ2v) is 9.50. The summed E-state index contributed by atoms with van der Waals surface area (Å²) in [5.74, 6) is -1.25. The lowest BCUT2D eigenvalue weighted by molar-refractivity contribution is -0.176. The molecular weight excluding hydrogens is 465 g/mol. The van der Waals surface area contributed by atoms with Crippen LogP contribution in [0.25, 0.3) is 0 Å². The molecule has 5 rings (SSSR count). The van der Waals surface area contributed by atoms with Gasteiger partial charge in [-0.05, 0) is 31.0 Å². The number of halogens is 2. The van der Waals surface area contributed by atoms with Crippen molar-refractivity contribution in [2.75, 3.05) is 31.6 Å². The van der Waals surface area contributed by atoms with Gasteiger partial charge in [-0.25, -0.2) is 9.37 Å². The summed E-state index contributed by atoms with van der Waals surface area (Å²) >= 11 is 5.86. The van der Waals surface area contributed by atoms with Crippen molar-refractivity contribution < 1.29 is 23.5 Å². The molecule has 0 atom stereocenters. The number of H-pyrrole nitrogens is 1. The highest BCUT2D eigenvalue weighted by Gasteiger charge is 2.51. The number of likely N-dealkylation sites (tertiary alicyclic amines) is 1. The van der Waals surface area contributed by atoms with E-state index < -0.39 is 11.7 Å². The first-order valence-electron chi connectivity index (χ1n) is 11.2. The molecule has 4 N–H and O–H groups in total. The van der Waals surface area contributed by atoms with Gasteiger partial charge in [-0.1, -0.05) is 30.9 Å². The minimum atomic E-state index is -0.697. The Balaban J connectivity index is 0.000000161. The number of carbonyl (C=O) groups is 3. The number of amides is 3. The first-order valence-corrected chi connectivity index (χ1v) is 11.6. The normalized spacial score (nSPS) is 18.8. The van der Waals surface area contributed by atoms with Gasteiger partial charge in [0.25, 0.3) is 11.8 Å². The number of imidazole rings is 1. The van der Waals surface area contributed by atoms with Gasteiger partial charge in [-0.2, -0.15) is 0 Å². The number of benzene rings is 1. The zero-order chi connectivity index (χ0) is 24.3. The number of carbonyl (C=O) groups excluding carboxylic acids is 3. The molecule has 34 heavy (non-hydrogen) atoms. The molecule has 0 radical (unpaired) electrons. The van der Waals surface area contributed by atoms with Crippen LogP contribution in [0.4, 0.5) is 10.1 Å². The topological polar surface area (TPSA) is 130 Å². The van der Waals surface area contributed by atoms with Crippen molar-refractivity contribution >= 4 is 35.0 Å². The van der Waals surface area contributed by atoms with E-state index in [1.807, 2.05) is 0 Å². The summed E-state index contributed by atoms with van der Waals surface area (Å²) in [4.78, 5) is 43.1. The number of hydrogen-bond donors (Lipinski definition) is 3. The number of primary amides is 1. The SMILES string of the molecule is NC(=O)c1nc[nH]c1C(=O)N1CC2(COC2)C1.O=C(Nc1ccc(F)cc1Cl)C1CCCCC1. The van der Waals surface area contributed by atoms with Crippen LogP contribution in [0.2, 0.25) is 5.02 Å². The van der Waals surface area contributed by atoms with Gasteiger partial charge in [-0.15, -0.1) is 0 Å². The van der Waals surface area contributed by atoms with E-state index in [4.69, 9.17) is 22.1 Å². The van der Waals surface area contributed by atoms with Gasteiger partial charge in [0.15, 0.2) is 5.69 Å².